The second-order valence-corrected chi connectivity index (χ2v) is 12.8. The summed E-state index contributed by atoms with van der Waals surface area (Å²) >= 11 is 0. The van der Waals surface area contributed by atoms with Gasteiger partial charge in [-0.15, -0.1) is 4.68 Å². The van der Waals surface area contributed by atoms with Gasteiger partial charge in [-0.2, -0.15) is 0 Å². The number of H-pyrrole nitrogens is 1. The molecule has 8 nitrogen and oxygen atoms in total. The van der Waals surface area contributed by atoms with Gasteiger partial charge >= 0.3 is 7.55 Å². The summed E-state index contributed by atoms with van der Waals surface area (Å²) in [6, 6.07) is 31.6. The van der Waals surface area contributed by atoms with Gasteiger partial charge in [-0.3, -0.25) is 9.28 Å². The van der Waals surface area contributed by atoms with Crippen LogP contribution in [0.15, 0.2) is 115 Å². The third-order valence-corrected chi connectivity index (χ3v) is 9.00. The number of carbonyl (C=O) groups excluding carboxylic acids is 1. The van der Waals surface area contributed by atoms with Gasteiger partial charge in [0.1, 0.15) is 17.6 Å². The van der Waals surface area contributed by atoms with E-state index in [1.54, 1.807) is 6.92 Å². The molecular weight excluding hydrogens is 595 g/mol. The molecule has 2 aromatic heterocycles. The van der Waals surface area contributed by atoms with Crippen LogP contribution in [0.25, 0.3) is 5.57 Å². The summed E-state index contributed by atoms with van der Waals surface area (Å²) in [5.41, 5.74) is 8.64. The van der Waals surface area contributed by atoms with E-state index < -0.39 is 5.54 Å². The van der Waals surface area contributed by atoms with Gasteiger partial charge in [0.15, 0.2) is 0 Å². The molecule has 0 saturated heterocycles. The largest absolute Gasteiger partial charge is 0.553 e. The second-order valence-electron chi connectivity index (χ2n) is 12.8. The first-order chi connectivity index (χ1) is 23.3. The molecule has 0 bridgehead atoms. The first-order valence-corrected chi connectivity index (χ1v) is 16.6. The molecule has 9 heteroatoms. The number of aryl methyl sites for hydroxylation is 2. The van der Waals surface area contributed by atoms with E-state index in [-0.39, 0.29) is 5.91 Å². The molecule has 7 rings (SSSR count). The fourth-order valence-electron chi connectivity index (χ4n) is 6.59. The fourth-order valence-corrected chi connectivity index (χ4v) is 6.59. The Labute approximate surface area is 282 Å². The van der Waals surface area contributed by atoms with E-state index in [1.807, 2.05) is 39.0 Å². The van der Waals surface area contributed by atoms with E-state index in [9.17, 15) is 4.79 Å². The molecule has 2 aliphatic rings. The average Bonchev–Trinajstić information content (AvgIpc) is 3.67. The highest BCUT2D eigenvalue weighted by molar-refractivity contribution is 6.30. The Hall–Kier alpha value is -5.44. The zero-order valence-electron chi connectivity index (χ0n) is 28.0. The van der Waals surface area contributed by atoms with Gasteiger partial charge in [0, 0.05) is 36.4 Å². The average molecular weight is 637 g/mol. The smallest absolute Gasteiger partial charge is 0.494 e. The Morgan fingerprint density at radius 3 is 2.44 bits per heavy atom. The molecule has 1 amide bonds. The Balaban J connectivity index is 1.23. The highest BCUT2D eigenvalue weighted by Crippen LogP contribution is 2.36. The number of ether oxygens (including phenoxy) is 1. The van der Waals surface area contributed by atoms with E-state index in [0.29, 0.717) is 13.2 Å². The van der Waals surface area contributed by atoms with Crippen molar-refractivity contribution in [3.05, 3.63) is 149 Å². The molecular formula is C39H41BN6O2+. The number of fused-ring (bicyclic) bond motifs is 2. The minimum atomic E-state index is -0.481. The lowest BCUT2D eigenvalue weighted by atomic mass is 9.89. The third kappa shape index (κ3) is 6.16. The Kier molecular flexibility index (Phi) is 8.44. The van der Waals surface area contributed by atoms with Crippen LogP contribution < -0.4 is 15.4 Å². The molecule has 0 unspecified atom stereocenters. The van der Waals surface area contributed by atoms with Crippen molar-refractivity contribution >= 4 is 30.7 Å². The number of para-hydroxylation sites is 1. The van der Waals surface area contributed by atoms with E-state index in [2.05, 4.69) is 128 Å². The Bertz CT molecular complexity index is 2030. The molecule has 4 heterocycles. The van der Waals surface area contributed by atoms with Crippen LogP contribution in [0.4, 0.5) is 5.82 Å². The molecule has 0 saturated carbocycles. The zero-order valence-corrected chi connectivity index (χ0v) is 28.0. The minimum absolute atomic E-state index is 0.0507. The molecule has 2 aliphatic heterocycles. The number of rotatable bonds is 11. The van der Waals surface area contributed by atoms with E-state index >= 15 is 0 Å². The summed E-state index contributed by atoms with van der Waals surface area (Å²) in [7, 11) is 2.16. The predicted octanol–water partition coefficient (Wildman–Crippen LogP) is 6.47. The van der Waals surface area contributed by atoms with Gasteiger partial charge in [-0.25, -0.2) is 5.10 Å². The van der Waals surface area contributed by atoms with Gasteiger partial charge in [-0.05, 0) is 74.6 Å². The summed E-state index contributed by atoms with van der Waals surface area (Å²) in [4.78, 5) is 11.9. The second kappa shape index (κ2) is 13.0. The van der Waals surface area contributed by atoms with Crippen LogP contribution in [0.1, 0.15) is 61.3 Å². The number of allylic oxidation sites excluding steroid dienone is 2. The van der Waals surface area contributed by atoms with Crippen molar-refractivity contribution in [2.45, 2.75) is 52.6 Å². The van der Waals surface area contributed by atoms with Gasteiger partial charge in [-0.1, -0.05) is 72.8 Å². The lowest BCUT2D eigenvalue weighted by Crippen LogP contribution is -2.39. The van der Waals surface area contributed by atoms with Crippen molar-refractivity contribution in [1.82, 2.24) is 19.6 Å². The number of carbonyl (C=O) groups is 1. The molecule has 0 aliphatic carbocycles. The standard InChI is InChI=1S/C39H41BN6O2/c1-5-48-35-14-10-9-13-30(35)25-41-36-23-21-33-38(29-16-18-31(19-17-29)39(3,4)42-27(2)47)34-22-24-37(46(34)40-45(33)36)44-26-32(43-44)20-15-28-11-7-6-8-12-28/h6-14,16-19,21-24,26,41,43H,5,15,20,25H2,1-4H3,(H,42,47)/q+1. The molecule has 0 atom stereocenters. The van der Waals surface area contributed by atoms with Crippen molar-refractivity contribution in [1.29, 1.82) is 0 Å². The van der Waals surface area contributed by atoms with Crippen LogP contribution in [0.5, 0.6) is 5.75 Å². The number of hydrogen-bond donors (Lipinski definition) is 3. The van der Waals surface area contributed by atoms with Crippen LogP contribution >= 0.6 is 0 Å². The molecule has 1 radical (unpaired) electrons. The highest BCUT2D eigenvalue weighted by atomic mass is 16.5. The number of anilines is 1. The summed E-state index contributed by atoms with van der Waals surface area (Å²) in [6.45, 7) is 8.86. The van der Waals surface area contributed by atoms with Crippen LogP contribution in [0, 0.1) is 0 Å². The maximum atomic E-state index is 11.9. The first kappa shape index (κ1) is 31.2. The maximum Gasteiger partial charge on any atom is 0.553 e. The van der Waals surface area contributed by atoms with E-state index in [1.165, 1.54) is 11.3 Å². The molecule has 3 N–H and O–H groups in total. The highest BCUT2D eigenvalue weighted by Gasteiger charge is 2.36. The minimum Gasteiger partial charge on any atom is -0.494 e. The lowest BCUT2D eigenvalue weighted by molar-refractivity contribution is -0.316. The quantitative estimate of drug-likeness (QED) is 0.146. The van der Waals surface area contributed by atoms with Crippen LogP contribution in [0.2, 0.25) is 0 Å². The number of nitrogens with zero attached hydrogens (tertiary/aromatic N) is 3. The maximum absolute atomic E-state index is 11.9. The number of benzene rings is 3. The van der Waals surface area contributed by atoms with E-state index in [4.69, 9.17) is 4.74 Å². The number of hydrogen-bond acceptors (Lipinski definition) is 3. The molecule has 0 spiro atoms. The SMILES string of the molecule is CCOc1ccccc1CNc1ccc2n1[B][N+]1=C(n3cc(CCc4ccccc4)[nH]3)C=CC1=C2c1ccc(C(C)(C)NC(C)=O)cc1. The van der Waals surface area contributed by atoms with Crippen molar-refractivity contribution in [3.8, 4) is 5.75 Å². The molecule has 5 aromatic rings. The van der Waals surface area contributed by atoms with Crippen molar-refractivity contribution in [2.24, 2.45) is 0 Å². The predicted molar refractivity (Wildman–Crippen MR) is 192 cm³/mol. The molecule has 48 heavy (non-hydrogen) atoms. The van der Waals surface area contributed by atoms with Crippen molar-refractivity contribution in [3.63, 3.8) is 0 Å². The fraction of sp³-hybridized carbons (Fsp3) is 0.231. The summed E-state index contributed by atoms with van der Waals surface area (Å²) in [5, 5.41) is 10.3. The van der Waals surface area contributed by atoms with Crippen LogP contribution in [-0.4, -0.2) is 44.6 Å². The van der Waals surface area contributed by atoms with Gasteiger partial charge in [0.2, 0.25) is 5.91 Å². The molecule has 241 valence electrons. The molecule has 3 aromatic carbocycles. The van der Waals surface area contributed by atoms with Gasteiger partial charge in [0.05, 0.1) is 23.7 Å². The van der Waals surface area contributed by atoms with Crippen LogP contribution in [0.3, 0.4) is 0 Å². The Morgan fingerprint density at radius 1 is 0.938 bits per heavy atom. The van der Waals surface area contributed by atoms with Crippen molar-refractivity contribution < 1.29 is 14.0 Å². The normalized spacial score (nSPS) is 13.8. The van der Waals surface area contributed by atoms with Crippen molar-refractivity contribution in [2.75, 3.05) is 11.9 Å². The van der Waals surface area contributed by atoms with Gasteiger partial charge in [0.25, 0.3) is 5.84 Å². The summed E-state index contributed by atoms with van der Waals surface area (Å²) < 4.78 is 12.5. The first-order valence-electron chi connectivity index (χ1n) is 16.6. The third-order valence-electron chi connectivity index (χ3n) is 9.00. The lowest BCUT2D eigenvalue weighted by Gasteiger charge is -2.27. The number of aromatic amines is 1. The van der Waals surface area contributed by atoms with Crippen LogP contribution in [-0.2, 0) is 29.7 Å². The topological polar surface area (TPSA) is 79.0 Å². The number of aromatic nitrogens is 3. The Morgan fingerprint density at radius 2 is 1.69 bits per heavy atom. The number of nitrogens with one attached hydrogen (secondary N) is 3. The number of amides is 1. The van der Waals surface area contributed by atoms with E-state index in [0.717, 1.165) is 63.9 Å². The monoisotopic (exact) mass is 636 g/mol. The summed E-state index contributed by atoms with van der Waals surface area (Å²) in [6.07, 6.45) is 8.49. The summed E-state index contributed by atoms with van der Waals surface area (Å²) in [5.74, 6) is 2.86. The zero-order chi connectivity index (χ0) is 33.3. The van der Waals surface area contributed by atoms with Gasteiger partial charge < -0.3 is 19.8 Å². The molecule has 0 fully saturated rings.